The zero-order chi connectivity index (χ0) is 24.3. The molecule has 33 heavy (non-hydrogen) atoms. The van der Waals surface area contributed by atoms with E-state index in [1.807, 2.05) is 26.3 Å². The van der Waals surface area contributed by atoms with Gasteiger partial charge in [0.25, 0.3) is 0 Å². The second kappa shape index (κ2) is 10.4. The van der Waals surface area contributed by atoms with Crippen molar-refractivity contribution in [3.63, 3.8) is 0 Å². The number of hydrogen-bond acceptors (Lipinski definition) is 6. The summed E-state index contributed by atoms with van der Waals surface area (Å²) in [5, 5.41) is 17.2. The maximum atomic E-state index is 13.5. The third-order valence-electron chi connectivity index (χ3n) is 6.06. The van der Waals surface area contributed by atoms with Gasteiger partial charge in [0, 0.05) is 31.2 Å². The Morgan fingerprint density at radius 3 is 2.52 bits per heavy atom. The number of carbonyl (C=O) groups excluding carboxylic acids is 1. The first-order chi connectivity index (χ1) is 15.5. The number of thiazole rings is 1. The summed E-state index contributed by atoms with van der Waals surface area (Å²) in [6.07, 6.45) is -0.0428. The minimum Gasteiger partial charge on any atom is -0.391 e. The molecule has 0 aliphatic carbocycles. The molecular weight excluding hydrogens is 432 g/mol. The van der Waals surface area contributed by atoms with Crippen molar-refractivity contribution in [3.05, 3.63) is 53.3 Å². The molecule has 2 aromatic rings. The van der Waals surface area contributed by atoms with Crippen molar-refractivity contribution in [2.75, 3.05) is 6.54 Å². The van der Waals surface area contributed by atoms with E-state index in [2.05, 4.69) is 67.2 Å². The van der Waals surface area contributed by atoms with Gasteiger partial charge in [-0.25, -0.2) is 4.98 Å². The second-order valence-corrected chi connectivity index (χ2v) is 11.2. The Morgan fingerprint density at radius 1 is 1.30 bits per heavy atom. The summed E-state index contributed by atoms with van der Waals surface area (Å²) in [4.78, 5) is 20.8. The molecule has 1 amide bonds. The number of aryl methyl sites for hydroxylation is 1. The molecule has 3 N–H and O–H groups in total. The van der Waals surface area contributed by atoms with Crippen molar-refractivity contribution in [2.45, 2.75) is 78.7 Å². The lowest BCUT2D eigenvalue weighted by molar-refractivity contribution is -0.137. The number of nitrogens with one attached hydrogen (secondary N) is 2. The molecule has 180 valence electrons. The van der Waals surface area contributed by atoms with E-state index in [0.29, 0.717) is 19.5 Å². The van der Waals surface area contributed by atoms with Gasteiger partial charge >= 0.3 is 0 Å². The van der Waals surface area contributed by atoms with E-state index in [9.17, 15) is 9.90 Å². The lowest BCUT2D eigenvalue weighted by Crippen LogP contribution is -2.56. The Bertz CT molecular complexity index is 961. The topological polar surface area (TPSA) is 77.5 Å². The molecular formula is C26H38N4O2S. The lowest BCUT2D eigenvalue weighted by atomic mass is 9.85. The number of carbonyl (C=O) groups is 1. The van der Waals surface area contributed by atoms with E-state index < -0.39 is 6.10 Å². The standard InChI is InChI=1S/C26H38N4O2S/c1-16(2)29-24(26(5,6)7)25(32)30-14-21(31)12-22(30)17(3)27-13-19-8-10-20(11-9-19)23-18(4)28-15-33-23/h8-11,15-16,21-22,24,27,29,31H,3,12-14H2,1-2,4-7H3/t21-,22+,24-/m1/s1. The van der Waals surface area contributed by atoms with E-state index in [1.54, 1.807) is 16.2 Å². The Labute approximate surface area is 202 Å². The van der Waals surface area contributed by atoms with E-state index in [-0.39, 0.29) is 29.4 Å². The maximum Gasteiger partial charge on any atom is 0.240 e. The highest BCUT2D eigenvalue weighted by Gasteiger charge is 2.42. The number of aliphatic hydroxyl groups excluding tert-OH is 1. The Hall–Kier alpha value is -2.22. The number of likely N-dealkylation sites (tertiary alicyclic amines) is 1. The van der Waals surface area contributed by atoms with Gasteiger partial charge in [0.2, 0.25) is 5.91 Å². The Balaban J connectivity index is 1.66. The minimum atomic E-state index is -0.543. The predicted octanol–water partition coefficient (Wildman–Crippen LogP) is 4.10. The van der Waals surface area contributed by atoms with Crippen molar-refractivity contribution in [3.8, 4) is 10.4 Å². The number of amides is 1. The van der Waals surface area contributed by atoms with Crippen molar-refractivity contribution in [1.29, 1.82) is 0 Å². The zero-order valence-electron chi connectivity index (χ0n) is 20.7. The predicted molar refractivity (Wildman–Crippen MR) is 136 cm³/mol. The van der Waals surface area contributed by atoms with Crippen LogP contribution >= 0.6 is 11.3 Å². The smallest absolute Gasteiger partial charge is 0.240 e. The van der Waals surface area contributed by atoms with Crippen LogP contribution in [0.15, 0.2) is 42.1 Å². The van der Waals surface area contributed by atoms with Crippen molar-refractivity contribution in [1.82, 2.24) is 20.5 Å². The van der Waals surface area contributed by atoms with Gasteiger partial charge in [-0.2, -0.15) is 0 Å². The van der Waals surface area contributed by atoms with Crippen LogP contribution in [0.25, 0.3) is 10.4 Å². The van der Waals surface area contributed by atoms with Crippen molar-refractivity contribution < 1.29 is 9.90 Å². The molecule has 1 aromatic carbocycles. The van der Waals surface area contributed by atoms with Gasteiger partial charge in [-0.1, -0.05) is 65.5 Å². The van der Waals surface area contributed by atoms with E-state index >= 15 is 0 Å². The Kier molecular flexibility index (Phi) is 7.98. The SMILES string of the molecule is C=C(NCc1ccc(-c2scnc2C)cc1)[C@@H]1C[C@@H](O)CN1C(=O)[C@@H](NC(C)C)C(C)(C)C. The molecule has 0 spiro atoms. The highest BCUT2D eigenvalue weighted by molar-refractivity contribution is 7.13. The van der Waals surface area contributed by atoms with Crippen LogP contribution in [-0.4, -0.2) is 51.7 Å². The molecule has 0 unspecified atom stereocenters. The Morgan fingerprint density at radius 2 is 1.97 bits per heavy atom. The first-order valence-corrected chi connectivity index (χ1v) is 12.5. The first-order valence-electron chi connectivity index (χ1n) is 11.6. The molecule has 6 nitrogen and oxygen atoms in total. The normalized spacial score (nSPS) is 19.7. The molecule has 1 fully saturated rings. The first kappa shape index (κ1) is 25.4. The van der Waals surface area contributed by atoms with Gasteiger partial charge in [0.05, 0.1) is 34.3 Å². The van der Waals surface area contributed by atoms with Crippen LogP contribution < -0.4 is 10.6 Å². The van der Waals surface area contributed by atoms with Crippen LogP contribution in [0, 0.1) is 12.3 Å². The molecule has 0 bridgehead atoms. The molecule has 1 aliphatic heterocycles. The fourth-order valence-electron chi connectivity index (χ4n) is 4.26. The average Bonchev–Trinajstić information content (AvgIpc) is 3.35. The fourth-order valence-corrected chi connectivity index (χ4v) is 5.08. The number of hydrogen-bond donors (Lipinski definition) is 3. The molecule has 1 aliphatic rings. The number of benzene rings is 1. The summed E-state index contributed by atoms with van der Waals surface area (Å²) in [5.41, 5.74) is 5.73. The number of aliphatic hydroxyl groups is 1. The highest BCUT2D eigenvalue weighted by atomic mass is 32.1. The van der Waals surface area contributed by atoms with Crippen molar-refractivity contribution >= 4 is 17.2 Å². The van der Waals surface area contributed by atoms with Crippen LogP contribution in [0.2, 0.25) is 0 Å². The second-order valence-electron chi connectivity index (χ2n) is 10.4. The van der Waals surface area contributed by atoms with Crippen LogP contribution in [0.3, 0.4) is 0 Å². The van der Waals surface area contributed by atoms with E-state index in [4.69, 9.17) is 0 Å². The largest absolute Gasteiger partial charge is 0.391 e. The fraction of sp³-hybridized carbons (Fsp3) is 0.538. The van der Waals surface area contributed by atoms with E-state index in [1.165, 1.54) is 10.4 Å². The van der Waals surface area contributed by atoms with Crippen LogP contribution in [-0.2, 0) is 11.3 Å². The van der Waals surface area contributed by atoms with Crippen LogP contribution in [0.1, 0.15) is 52.3 Å². The van der Waals surface area contributed by atoms with Gasteiger partial charge in [-0.3, -0.25) is 4.79 Å². The summed E-state index contributed by atoms with van der Waals surface area (Å²) in [7, 11) is 0. The number of aromatic nitrogens is 1. The number of nitrogens with zero attached hydrogens (tertiary/aromatic N) is 2. The third-order valence-corrected chi connectivity index (χ3v) is 7.04. The summed E-state index contributed by atoms with van der Waals surface area (Å²) in [5.74, 6) is 0.0185. The van der Waals surface area contributed by atoms with Gasteiger partial charge < -0.3 is 20.6 Å². The molecule has 2 heterocycles. The summed E-state index contributed by atoms with van der Waals surface area (Å²) in [6, 6.07) is 8.04. The molecule has 3 atom stereocenters. The summed E-state index contributed by atoms with van der Waals surface area (Å²) >= 11 is 1.65. The quantitative estimate of drug-likeness (QED) is 0.542. The molecule has 0 radical (unpaired) electrons. The molecule has 7 heteroatoms. The molecule has 1 saturated heterocycles. The molecule has 1 aromatic heterocycles. The zero-order valence-corrected chi connectivity index (χ0v) is 21.5. The minimum absolute atomic E-state index is 0.0185. The van der Waals surface area contributed by atoms with Crippen molar-refractivity contribution in [2.24, 2.45) is 5.41 Å². The van der Waals surface area contributed by atoms with Gasteiger partial charge in [-0.05, 0) is 23.5 Å². The monoisotopic (exact) mass is 470 g/mol. The van der Waals surface area contributed by atoms with Gasteiger partial charge in [0.1, 0.15) is 0 Å². The van der Waals surface area contributed by atoms with Crippen LogP contribution in [0.4, 0.5) is 0 Å². The summed E-state index contributed by atoms with van der Waals surface area (Å²) in [6.45, 7) is 17.5. The average molecular weight is 471 g/mol. The number of β-amino-alcohol motifs (C(OH)–C–C–N with tert-alkyl or cyclic N) is 1. The third kappa shape index (κ3) is 6.22. The lowest BCUT2D eigenvalue weighted by Gasteiger charge is -2.37. The molecule has 0 saturated carbocycles. The van der Waals surface area contributed by atoms with Gasteiger partial charge in [0.15, 0.2) is 0 Å². The van der Waals surface area contributed by atoms with Crippen LogP contribution in [0.5, 0.6) is 0 Å². The van der Waals surface area contributed by atoms with E-state index in [0.717, 1.165) is 17.0 Å². The summed E-state index contributed by atoms with van der Waals surface area (Å²) < 4.78 is 0. The maximum absolute atomic E-state index is 13.5. The van der Waals surface area contributed by atoms with Gasteiger partial charge in [-0.15, -0.1) is 11.3 Å². The number of rotatable bonds is 8. The highest BCUT2D eigenvalue weighted by Crippen LogP contribution is 2.29. The molecule has 3 rings (SSSR count).